The van der Waals surface area contributed by atoms with E-state index in [-0.39, 0.29) is 29.8 Å². The van der Waals surface area contributed by atoms with Gasteiger partial charge in [-0.3, -0.25) is 4.79 Å². The van der Waals surface area contributed by atoms with E-state index in [1.165, 1.54) is 10.6 Å². The molecule has 182 valence electrons. The number of hydrogen-bond donors (Lipinski definition) is 0. The number of sulfonamides is 1. The normalized spacial score (nSPS) is 23.5. The number of carbonyl (C=O) groups excluding carboxylic acids is 1. The molecule has 0 radical (unpaired) electrons. The molecule has 8 nitrogen and oxygen atoms in total. The van der Waals surface area contributed by atoms with Crippen LogP contribution >= 0.6 is 0 Å². The number of ketones is 1. The van der Waals surface area contributed by atoms with E-state index < -0.39 is 15.4 Å². The van der Waals surface area contributed by atoms with Gasteiger partial charge < -0.3 is 14.0 Å². The van der Waals surface area contributed by atoms with Crippen LogP contribution in [0, 0.1) is 11.3 Å². The second kappa shape index (κ2) is 9.91. The molecular weight excluding hydrogens is 432 g/mol. The van der Waals surface area contributed by atoms with E-state index >= 15 is 0 Å². The van der Waals surface area contributed by atoms with Crippen molar-refractivity contribution in [2.45, 2.75) is 77.9 Å². The van der Waals surface area contributed by atoms with E-state index in [4.69, 9.17) is 14.0 Å². The first-order chi connectivity index (χ1) is 14.9. The van der Waals surface area contributed by atoms with Gasteiger partial charge >= 0.3 is 0 Å². The van der Waals surface area contributed by atoms with Crippen LogP contribution in [0.3, 0.4) is 0 Å². The lowest BCUT2D eigenvalue weighted by Crippen LogP contribution is -2.31. The summed E-state index contributed by atoms with van der Waals surface area (Å²) in [6.45, 7) is 10.2. The van der Waals surface area contributed by atoms with E-state index in [1.807, 2.05) is 33.8 Å². The molecule has 0 saturated carbocycles. The summed E-state index contributed by atoms with van der Waals surface area (Å²) in [5.41, 5.74) is -0.171. The second-order valence-electron chi connectivity index (χ2n) is 10.6. The third kappa shape index (κ3) is 6.62. The summed E-state index contributed by atoms with van der Waals surface area (Å²) in [4.78, 5) is 13.0. The van der Waals surface area contributed by atoms with Crippen molar-refractivity contribution in [3.8, 4) is 0 Å². The van der Waals surface area contributed by atoms with E-state index in [1.54, 1.807) is 0 Å². The fourth-order valence-corrected chi connectivity index (χ4v) is 5.35. The van der Waals surface area contributed by atoms with Crippen LogP contribution < -0.4 is 0 Å². The zero-order valence-electron chi connectivity index (χ0n) is 20.1. The van der Waals surface area contributed by atoms with Crippen molar-refractivity contribution < 1.29 is 27.2 Å². The molecule has 2 aliphatic rings. The summed E-state index contributed by atoms with van der Waals surface area (Å²) < 4.78 is 42.1. The molecule has 0 bridgehead atoms. The molecule has 0 N–H and O–H groups in total. The fourth-order valence-electron chi connectivity index (χ4n) is 4.43. The lowest BCUT2D eigenvalue weighted by atomic mass is 9.77. The van der Waals surface area contributed by atoms with Gasteiger partial charge in [0, 0.05) is 36.6 Å². The summed E-state index contributed by atoms with van der Waals surface area (Å²) in [5.74, 6) is 0.805. The predicted molar refractivity (Wildman–Crippen MR) is 121 cm³/mol. The van der Waals surface area contributed by atoms with Crippen molar-refractivity contribution in [3.63, 3.8) is 0 Å². The van der Waals surface area contributed by atoms with Gasteiger partial charge in [-0.25, -0.2) is 12.7 Å². The summed E-state index contributed by atoms with van der Waals surface area (Å²) in [5, 5.41) is 4.21. The number of hydrogen-bond acceptors (Lipinski definition) is 7. The minimum atomic E-state index is -3.18. The average Bonchev–Trinajstić information content (AvgIpc) is 3.37. The van der Waals surface area contributed by atoms with E-state index in [2.05, 4.69) is 5.16 Å². The summed E-state index contributed by atoms with van der Waals surface area (Å²) in [6.07, 6.45) is 5.79. The second-order valence-corrected chi connectivity index (χ2v) is 12.6. The zero-order chi connectivity index (χ0) is 23.6. The minimum Gasteiger partial charge on any atom is -0.361 e. The van der Waals surface area contributed by atoms with Gasteiger partial charge in [0.1, 0.15) is 11.5 Å². The molecule has 1 unspecified atom stereocenters. The number of Topliss-reactive ketones (excluding diaryl/α,β-unsaturated/α-hetero) is 1. The monoisotopic (exact) mass is 470 g/mol. The van der Waals surface area contributed by atoms with Gasteiger partial charge in [0.15, 0.2) is 6.29 Å². The first-order valence-electron chi connectivity index (χ1n) is 11.5. The Hall–Kier alpha value is -1.29. The standard InChI is InChI=1S/C23H38N2O6S/c1-22(2,14-17-9-10-25(15-17)32(5,27)28)20(26)13-18-12-19(24-31-18)23(3,4)16-30-21-8-6-7-11-29-21/h12,17,21H,6-11,13-16H2,1-5H3/t17-,21?/m0/s1. The van der Waals surface area contributed by atoms with E-state index in [0.29, 0.717) is 31.9 Å². The maximum absolute atomic E-state index is 13.0. The SMILES string of the molecule is CC(C)(C[C@@H]1CCN(S(C)(=O)=O)C1)C(=O)Cc1cc(C(C)(C)COC2CCCCO2)no1. The third-order valence-electron chi connectivity index (χ3n) is 6.63. The quantitative estimate of drug-likeness (QED) is 0.517. The molecule has 3 rings (SSSR count). The number of aromatic nitrogens is 1. The number of nitrogens with zero attached hydrogens (tertiary/aromatic N) is 2. The van der Waals surface area contributed by atoms with Gasteiger partial charge in [-0.2, -0.15) is 0 Å². The van der Waals surface area contributed by atoms with Gasteiger partial charge in [0.05, 0.1) is 25.0 Å². The first kappa shape index (κ1) is 25.3. The summed E-state index contributed by atoms with van der Waals surface area (Å²) in [7, 11) is -3.18. The minimum absolute atomic E-state index is 0.0719. The molecular formula is C23H38N2O6S. The predicted octanol–water partition coefficient (Wildman–Crippen LogP) is 3.30. The van der Waals surface area contributed by atoms with E-state index in [0.717, 1.165) is 38.0 Å². The molecule has 0 spiro atoms. The molecule has 0 aromatic carbocycles. The van der Waals surface area contributed by atoms with Crippen molar-refractivity contribution in [2.24, 2.45) is 11.3 Å². The average molecular weight is 471 g/mol. The van der Waals surface area contributed by atoms with Crippen LogP contribution in [0.4, 0.5) is 0 Å². The summed E-state index contributed by atoms with van der Waals surface area (Å²) >= 11 is 0. The first-order valence-corrected chi connectivity index (χ1v) is 13.4. The van der Waals surface area contributed by atoms with E-state index in [9.17, 15) is 13.2 Å². The van der Waals surface area contributed by atoms with Crippen LogP contribution in [0.1, 0.15) is 71.3 Å². The zero-order valence-corrected chi connectivity index (χ0v) is 20.9. The van der Waals surface area contributed by atoms with Crippen LogP contribution in [-0.2, 0) is 36.1 Å². The highest BCUT2D eigenvalue weighted by Crippen LogP contribution is 2.34. The van der Waals surface area contributed by atoms with Gasteiger partial charge in [-0.05, 0) is 38.0 Å². The Bertz CT molecular complexity index is 886. The van der Waals surface area contributed by atoms with Crippen molar-refractivity contribution in [2.75, 3.05) is 32.6 Å². The maximum atomic E-state index is 13.0. The molecule has 3 heterocycles. The third-order valence-corrected chi connectivity index (χ3v) is 7.90. The van der Waals surface area contributed by atoms with Gasteiger partial charge in [-0.15, -0.1) is 0 Å². The van der Waals surface area contributed by atoms with Gasteiger partial charge in [0.25, 0.3) is 0 Å². The molecule has 2 fully saturated rings. The topological polar surface area (TPSA) is 98.9 Å². The highest BCUT2D eigenvalue weighted by Gasteiger charge is 2.36. The molecule has 1 aromatic heterocycles. The van der Waals surface area contributed by atoms with Crippen molar-refractivity contribution in [3.05, 3.63) is 17.5 Å². The van der Waals surface area contributed by atoms with Crippen LogP contribution in [-0.4, -0.2) is 62.5 Å². The van der Waals surface area contributed by atoms with Crippen LogP contribution in [0.15, 0.2) is 10.6 Å². The molecule has 2 atom stereocenters. The molecule has 2 aliphatic heterocycles. The number of rotatable bonds is 10. The molecule has 32 heavy (non-hydrogen) atoms. The summed E-state index contributed by atoms with van der Waals surface area (Å²) in [6, 6.07) is 1.85. The Morgan fingerprint density at radius 3 is 2.62 bits per heavy atom. The van der Waals surface area contributed by atoms with Crippen molar-refractivity contribution in [1.82, 2.24) is 9.46 Å². The molecule has 1 aromatic rings. The Labute approximate surface area is 192 Å². The van der Waals surface area contributed by atoms with Crippen LogP contribution in [0.2, 0.25) is 0 Å². The Kier molecular flexibility index (Phi) is 7.85. The number of carbonyl (C=O) groups is 1. The van der Waals surface area contributed by atoms with Gasteiger partial charge in [0.2, 0.25) is 10.0 Å². The largest absolute Gasteiger partial charge is 0.361 e. The highest BCUT2D eigenvalue weighted by atomic mass is 32.2. The lowest BCUT2D eigenvalue weighted by Gasteiger charge is -2.28. The van der Waals surface area contributed by atoms with Crippen molar-refractivity contribution >= 4 is 15.8 Å². The molecule has 0 aliphatic carbocycles. The Balaban J connectivity index is 1.53. The van der Waals surface area contributed by atoms with Crippen molar-refractivity contribution in [1.29, 1.82) is 0 Å². The maximum Gasteiger partial charge on any atom is 0.211 e. The highest BCUT2D eigenvalue weighted by molar-refractivity contribution is 7.88. The molecule has 9 heteroatoms. The smallest absolute Gasteiger partial charge is 0.211 e. The van der Waals surface area contributed by atoms with Gasteiger partial charge in [-0.1, -0.05) is 32.9 Å². The van der Waals surface area contributed by atoms with Crippen LogP contribution in [0.5, 0.6) is 0 Å². The molecule has 2 saturated heterocycles. The Morgan fingerprint density at radius 2 is 2.00 bits per heavy atom. The lowest BCUT2D eigenvalue weighted by molar-refractivity contribution is -0.170. The molecule has 0 amide bonds. The number of ether oxygens (including phenoxy) is 2. The fraction of sp³-hybridized carbons (Fsp3) is 0.826. The Morgan fingerprint density at radius 1 is 1.25 bits per heavy atom. The van der Waals surface area contributed by atoms with Crippen LogP contribution in [0.25, 0.3) is 0 Å².